The molecule has 120 valence electrons. The van der Waals surface area contributed by atoms with Crippen molar-refractivity contribution in [2.75, 3.05) is 32.8 Å². The Morgan fingerprint density at radius 1 is 1.13 bits per heavy atom. The first-order valence-corrected chi connectivity index (χ1v) is 7.74. The molecule has 0 radical (unpaired) electrons. The van der Waals surface area contributed by atoms with Crippen molar-refractivity contribution in [1.82, 2.24) is 14.8 Å². The molecule has 0 N–H and O–H groups in total. The molecule has 2 amide bonds. The number of nitrogens with zero attached hydrogens (tertiary/aromatic N) is 3. The minimum absolute atomic E-state index is 0.00897. The molecular weight excluding hydrogens is 294 g/mol. The zero-order chi connectivity index (χ0) is 16.2. The summed E-state index contributed by atoms with van der Waals surface area (Å²) in [5.74, 6) is -0.00897. The SMILES string of the molecule is CCOC(=O)N1CCN(C(=O)c2cccc3cnccc23)CC1. The molecule has 1 aromatic carbocycles. The molecule has 1 aliphatic heterocycles. The van der Waals surface area contributed by atoms with Gasteiger partial charge in [-0.1, -0.05) is 12.1 Å². The van der Waals surface area contributed by atoms with Crippen molar-refractivity contribution < 1.29 is 14.3 Å². The molecular formula is C17H19N3O3. The highest BCUT2D eigenvalue weighted by atomic mass is 16.6. The van der Waals surface area contributed by atoms with Gasteiger partial charge in [-0.15, -0.1) is 0 Å². The quantitative estimate of drug-likeness (QED) is 0.852. The van der Waals surface area contributed by atoms with Crippen LogP contribution in [0, 0.1) is 0 Å². The summed E-state index contributed by atoms with van der Waals surface area (Å²) in [5.41, 5.74) is 0.675. The molecule has 2 heterocycles. The van der Waals surface area contributed by atoms with Crippen LogP contribution in [0.25, 0.3) is 10.8 Å². The maximum atomic E-state index is 12.8. The van der Waals surface area contributed by atoms with Crippen LogP contribution >= 0.6 is 0 Å². The Kier molecular flexibility index (Phi) is 4.41. The van der Waals surface area contributed by atoms with E-state index in [1.54, 1.807) is 29.1 Å². The van der Waals surface area contributed by atoms with Gasteiger partial charge in [0.2, 0.25) is 0 Å². The number of ether oxygens (including phenoxy) is 1. The minimum atomic E-state index is -0.309. The maximum absolute atomic E-state index is 12.8. The monoisotopic (exact) mass is 313 g/mol. The van der Waals surface area contributed by atoms with Gasteiger partial charge in [0.05, 0.1) is 6.61 Å². The molecule has 2 aromatic rings. The second-order valence-electron chi connectivity index (χ2n) is 5.38. The predicted octanol–water partition coefficient (Wildman–Crippen LogP) is 2.15. The largest absolute Gasteiger partial charge is 0.450 e. The van der Waals surface area contributed by atoms with Gasteiger partial charge in [-0.25, -0.2) is 4.79 Å². The molecule has 0 atom stereocenters. The molecule has 1 saturated heterocycles. The lowest BCUT2D eigenvalue weighted by Crippen LogP contribution is -2.50. The predicted molar refractivity (Wildman–Crippen MR) is 86.2 cm³/mol. The van der Waals surface area contributed by atoms with Crippen molar-refractivity contribution in [3.8, 4) is 0 Å². The van der Waals surface area contributed by atoms with Crippen LogP contribution in [0.3, 0.4) is 0 Å². The second-order valence-corrected chi connectivity index (χ2v) is 5.38. The summed E-state index contributed by atoms with van der Waals surface area (Å²) in [6, 6.07) is 7.50. The van der Waals surface area contributed by atoms with Gasteiger partial charge in [-0.2, -0.15) is 0 Å². The normalized spacial score (nSPS) is 14.8. The second kappa shape index (κ2) is 6.64. The number of pyridine rings is 1. The summed E-state index contributed by atoms with van der Waals surface area (Å²) in [6.45, 7) is 4.17. The third-order valence-electron chi connectivity index (χ3n) is 4.00. The highest BCUT2D eigenvalue weighted by Crippen LogP contribution is 2.20. The van der Waals surface area contributed by atoms with E-state index in [1.807, 2.05) is 24.3 Å². The van der Waals surface area contributed by atoms with E-state index < -0.39 is 0 Å². The van der Waals surface area contributed by atoms with E-state index in [0.717, 1.165) is 10.8 Å². The van der Waals surface area contributed by atoms with Crippen LogP contribution in [-0.2, 0) is 4.74 Å². The third kappa shape index (κ3) is 3.11. The van der Waals surface area contributed by atoms with Crippen molar-refractivity contribution >= 4 is 22.8 Å². The number of carbonyl (C=O) groups excluding carboxylic acids is 2. The van der Waals surface area contributed by atoms with E-state index in [9.17, 15) is 9.59 Å². The van der Waals surface area contributed by atoms with Crippen LogP contribution in [0.2, 0.25) is 0 Å². The standard InChI is InChI=1S/C17H19N3O3/c1-2-23-17(22)20-10-8-19(9-11-20)16(21)15-5-3-4-13-12-18-7-6-14(13)15/h3-7,12H,2,8-11H2,1H3. The molecule has 0 saturated carbocycles. The van der Waals surface area contributed by atoms with E-state index in [2.05, 4.69) is 4.98 Å². The van der Waals surface area contributed by atoms with E-state index >= 15 is 0 Å². The van der Waals surface area contributed by atoms with Crippen LogP contribution < -0.4 is 0 Å². The number of fused-ring (bicyclic) bond motifs is 1. The van der Waals surface area contributed by atoms with E-state index in [0.29, 0.717) is 38.3 Å². The Balaban J connectivity index is 1.73. The number of aromatic nitrogens is 1. The summed E-state index contributed by atoms with van der Waals surface area (Å²) < 4.78 is 5.00. The summed E-state index contributed by atoms with van der Waals surface area (Å²) in [5, 5.41) is 1.85. The average Bonchev–Trinajstić information content (AvgIpc) is 2.61. The van der Waals surface area contributed by atoms with Crippen LogP contribution in [0.5, 0.6) is 0 Å². The molecule has 0 aliphatic carbocycles. The molecule has 0 spiro atoms. The van der Waals surface area contributed by atoms with E-state index in [4.69, 9.17) is 4.74 Å². The van der Waals surface area contributed by atoms with Crippen LogP contribution in [0.1, 0.15) is 17.3 Å². The Morgan fingerprint density at radius 2 is 1.87 bits per heavy atom. The topological polar surface area (TPSA) is 62.7 Å². The van der Waals surface area contributed by atoms with Gasteiger partial charge in [0, 0.05) is 49.5 Å². The average molecular weight is 313 g/mol. The molecule has 6 heteroatoms. The molecule has 0 bridgehead atoms. The van der Waals surface area contributed by atoms with Gasteiger partial charge in [-0.3, -0.25) is 9.78 Å². The van der Waals surface area contributed by atoms with E-state index in [-0.39, 0.29) is 12.0 Å². The fourth-order valence-corrected chi connectivity index (χ4v) is 2.79. The number of hydrogen-bond acceptors (Lipinski definition) is 4. The van der Waals surface area contributed by atoms with Crippen molar-refractivity contribution in [1.29, 1.82) is 0 Å². The Morgan fingerprint density at radius 3 is 2.61 bits per heavy atom. The first-order chi connectivity index (χ1) is 11.2. The zero-order valence-corrected chi connectivity index (χ0v) is 13.1. The lowest BCUT2D eigenvalue weighted by Gasteiger charge is -2.34. The van der Waals surface area contributed by atoms with Crippen molar-refractivity contribution in [3.63, 3.8) is 0 Å². The zero-order valence-electron chi connectivity index (χ0n) is 13.1. The van der Waals surface area contributed by atoms with Gasteiger partial charge in [0.15, 0.2) is 0 Å². The third-order valence-corrected chi connectivity index (χ3v) is 4.00. The van der Waals surface area contributed by atoms with E-state index in [1.165, 1.54) is 0 Å². The lowest BCUT2D eigenvalue weighted by molar-refractivity contribution is 0.0572. The molecule has 3 rings (SSSR count). The first kappa shape index (κ1) is 15.3. The summed E-state index contributed by atoms with van der Waals surface area (Å²) >= 11 is 0. The Hall–Kier alpha value is -2.63. The molecule has 6 nitrogen and oxygen atoms in total. The van der Waals surface area contributed by atoms with Gasteiger partial charge >= 0.3 is 6.09 Å². The molecule has 1 aliphatic rings. The number of amides is 2. The molecule has 1 aromatic heterocycles. The fourth-order valence-electron chi connectivity index (χ4n) is 2.79. The smallest absolute Gasteiger partial charge is 0.409 e. The number of rotatable bonds is 2. The number of benzene rings is 1. The molecule has 23 heavy (non-hydrogen) atoms. The maximum Gasteiger partial charge on any atom is 0.409 e. The molecule has 1 fully saturated rings. The fraction of sp³-hybridized carbons (Fsp3) is 0.353. The van der Waals surface area contributed by atoms with Gasteiger partial charge in [0.1, 0.15) is 0 Å². The van der Waals surface area contributed by atoms with Gasteiger partial charge < -0.3 is 14.5 Å². The highest BCUT2D eigenvalue weighted by Gasteiger charge is 2.26. The Bertz CT molecular complexity index is 719. The van der Waals surface area contributed by atoms with Crippen molar-refractivity contribution in [2.24, 2.45) is 0 Å². The summed E-state index contributed by atoms with van der Waals surface area (Å²) in [7, 11) is 0. The van der Waals surface area contributed by atoms with Gasteiger partial charge in [0.25, 0.3) is 5.91 Å². The first-order valence-electron chi connectivity index (χ1n) is 7.74. The lowest BCUT2D eigenvalue weighted by atomic mass is 10.1. The number of hydrogen-bond donors (Lipinski definition) is 0. The van der Waals surface area contributed by atoms with Crippen LogP contribution in [0.15, 0.2) is 36.7 Å². The Labute approximate surface area is 134 Å². The van der Waals surface area contributed by atoms with Crippen molar-refractivity contribution in [3.05, 3.63) is 42.2 Å². The van der Waals surface area contributed by atoms with Crippen LogP contribution in [-0.4, -0.2) is 59.6 Å². The van der Waals surface area contributed by atoms with Gasteiger partial charge in [-0.05, 0) is 24.4 Å². The van der Waals surface area contributed by atoms with Crippen LogP contribution in [0.4, 0.5) is 4.79 Å². The summed E-state index contributed by atoms with van der Waals surface area (Å²) in [4.78, 5) is 32.0. The minimum Gasteiger partial charge on any atom is -0.450 e. The number of carbonyl (C=O) groups is 2. The van der Waals surface area contributed by atoms with Crippen molar-refractivity contribution in [2.45, 2.75) is 6.92 Å². The molecule has 0 unspecified atom stereocenters. The highest BCUT2D eigenvalue weighted by molar-refractivity contribution is 6.06. The number of piperazine rings is 1. The summed E-state index contributed by atoms with van der Waals surface area (Å²) in [6.07, 6.45) is 3.14.